The predicted molar refractivity (Wildman–Crippen MR) is 106 cm³/mol. The van der Waals surface area contributed by atoms with E-state index >= 15 is 0 Å². The van der Waals surface area contributed by atoms with E-state index in [9.17, 15) is 8.42 Å². The lowest BCUT2D eigenvalue weighted by atomic mass is 10.2. The summed E-state index contributed by atoms with van der Waals surface area (Å²) in [5.41, 5.74) is 1.35. The number of hydrogen-bond acceptors (Lipinski definition) is 7. The van der Waals surface area contributed by atoms with E-state index in [2.05, 4.69) is 9.93 Å². The number of rotatable bonds is 9. The molecule has 0 fully saturated rings. The summed E-state index contributed by atoms with van der Waals surface area (Å²) in [7, 11) is 0.514. The summed E-state index contributed by atoms with van der Waals surface area (Å²) in [6.45, 7) is 4.08. The molecule has 0 atom stereocenters. The summed E-state index contributed by atoms with van der Waals surface area (Å²) in [5, 5.41) is 3.85. The summed E-state index contributed by atoms with van der Waals surface area (Å²) < 4.78 is 46.4. The van der Waals surface area contributed by atoms with Gasteiger partial charge in [0.1, 0.15) is 10.6 Å². The normalized spacial score (nSPS) is 11.3. The number of nitrogens with zero attached hydrogens (tertiary/aromatic N) is 1. The van der Waals surface area contributed by atoms with E-state index < -0.39 is 10.0 Å². The molecule has 0 unspecified atom stereocenters. The fourth-order valence-corrected chi connectivity index (χ4v) is 3.52. The van der Waals surface area contributed by atoms with Gasteiger partial charge in [0.05, 0.1) is 34.2 Å². The molecule has 0 aliphatic heterocycles. The van der Waals surface area contributed by atoms with Crippen LogP contribution in [0.2, 0.25) is 0 Å². The summed E-state index contributed by atoms with van der Waals surface area (Å²) in [4.78, 5) is 2.20. The second kappa shape index (κ2) is 9.32. The van der Waals surface area contributed by atoms with Crippen molar-refractivity contribution >= 4 is 16.2 Å². The maximum absolute atomic E-state index is 12.6. The van der Waals surface area contributed by atoms with E-state index in [1.165, 1.54) is 33.6 Å². The Kier molecular flexibility index (Phi) is 7.11. The number of aryl methyl sites for hydroxylation is 1. The largest absolute Gasteiger partial charge is 0.495 e. The molecule has 2 rings (SSSR count). The van der Waals surface area contributed by atoms with E-state index in [1.807, 2.05) is 6.92 Å². The van der Waals surface area contributed by atoms with E-state index in [1.54, 1.807) is 31.2 Å². The Bertz CT molecular complexity index is 932. The van der Waals surface area contributed by atoms with E-state index in [-0.39, 0.29) is 10.6 Å². The zero-order chi connectivity index (χ0) is 20.7. The molecule has 0 radical (unpaired) electrons. The van der Waals surface area contributed by atoms with E-state index in [0.29, 0.717) is 29.4 Å². The van der Waals surface area contributed by atoms with Crippen LogP contribution in [0.4, 0.5) is 0 Å². The molecule has 0 aromatic heterocycles. The fraction of sp³-hybridized carbons (Fsp3) is 0.316. The Morgan fingerprint density at radius 2 is 1.61 bits per heavy atom. The van der Waals surface area contributed by atoms with Crippen LogP contribution >= 0.6 is 0 Å². The van der Waals surface area contributed by atoms with Gasteiger partial charge in [-0.3, -0.25) is 0 Å². The highest BCUT2D eigenvalue weighted by molar-refractivity contribution is 7.89. The second-order valence-electron chi connectivity index (χ2n) is 5.69. The van der Waals surface area contributed by atoms with Crippen molar-refractivity contribution < 1.29 is 27.4 Å². The average molecular weight is 408 g/mol. The molecule has 28 heavy (non-hydrogen) atoms. The number of nitrogens with one attached hydrogen (secondary N) is 1. The monoisotopic (exact) mass is 408 g/mol. The summed E-state index contributed by atoms with van der Waals surface area (Å²) in [6, 6.07) is 8.20. The predicted octanol–water partition coefficient (Wildman–Crippen LogP) is 2.73. The Morgan fingerprint density at radius 1 is 1.00 bits per heavy atom. The molecule has 0 aliphatic rings. The average Bonchev–Trinajstić information content (AvgIpc) is 2.68. The molecule has 0 aliphatic carbocycles. The van der Waals surface area contributed by atoms with Crippen molar-refractivity contribution in [1.29, 1.82) is 0 Å². The maximum atomic E-state index is 12.6. The first kappa shape index (κ1) is 21.4. The van der Waals surface area contributed by atoms with Crippen LogP contribution in [0.1, 0.15) is 18.1 Å². The highest BCUT2D eigenvalue weighted by atomic mass is 32.2. The van der Waals surface area contributed by atoms with Gasteiger partial charge < -0.3 is 18.9 Å². The third-order valence-corrected chi connectivity index (χ3v) is 5.01. The molecule has 8 nitrogen and oxygen atoms in total. The molecule has 0 saturated carbocycles. The van der Waals surface area contributed by atoms with Crippen molar-refractivity contribution in [3.63, 3.8) is 0 Å². The molecule has 9 heteroatoms. The maximum Gasteiger partial charge on any atom is 0.280 e. The number of hydrazone groups is 1. The molecular weight excluding hydrogens is 384 g/mol. The zero-order valence-corrected chi connectivity index (χ0v) is 17.3. The van der Waals surface area contributed by atoms with Crippen LogP contribution in [0, 0.1) is 6.92 Å². The number of ether oxygens (including phenoxy) is 4. The molecule has 0 saturated heterocycles. The number of hydrogen-bond donors (Lipinski definition) is 1. The van der Waals surface area contributed by atoms with Crippen molar-refractivity contribution in [2.45, 2.75) is 18.7 Å². The van der Waals surface area contributed by atoms with Gasteiger partial charge in [0.2, 0.25) is 5.75 Å². The molecule has 0 heterocycles. The minimum Gasteiger partial charge on any atom is -0.495 e. The van der Waals surface area contributed by atoms with Crippen LogP contribution in [0.15, 0.2) is 40.3 Å². The molecule has 0 bridgehead atoms. The third kappa shape index (κ3) is 4.86. The first-order valence-electron chi connectivity index (χ1n) is 8.44. The van der Waals surface area contributed by atoms with Crippen LogP contribution in [0.3, 0.4) is 0 Å². The molecular formula is C19H24N2O6S. The fourth-order valence-electron chi connectivity index (χ4n) is 2.47. The lowest BCUT2D eigenvalue weighted by molar-refractivity contribution is 0.288. The third-order valence-electron chi connectivity index (χ3n) is 3.77. The van der Waals surface area contributed by atoms with Gasteiger partial charge in [-0.25, -0.2) is 0 Å². The topological polar surface area (TPSA) is 95.5 Å². The summed E-state index contributed by atoms with van der Waals surface area (Å²) in [6.07, 6.45) is 1.35. The van der Waals surface area contributed by atoms with Gasteiger partial charge in [0.25, 0.3) is 10.0 Å². The lowest BCUT2D eigenvalue weighted by Gasteiger charge is -2.14. The van der Waals surface area contributed by atoms with Gasteiger partial charge in [-0.2, -0.15) is 18.4 Å². The van der Waals surface area contributed by atoms with Crippen LogP contribution < -0.4 is 23.8 Å². The van der Waals surface area contributed by atoms with Crippen LogP contribution in [0.5, 0.6) is 23.0 Å². The SMILES string of the molecule is CCOc1c(OC)cc(/C=N/NS(=O)(=O)c2cc(C)ccc2OC)cc1OC. The quantitative estimate of drug-likeness (QED) is 0.506. The standard InChI is InChI=1S/C19H24N2O6S/c1-6-27-19-16(25-4)10-14(11-17(19)26-5)12-20-21-28(22,23)18-9-13(2)7-8-15(18)24-3/h7-12,21H,6H2,1-5H3/b20-12+. The van der Waals surface area contributed by atoms with Crippen molar-refractivity contribution in [3.8, 4) is 23.0 Å². The summed E-state index contributed by atoms with van der Waals surface area (Å²) >= 11 is 0. The first-order chi connectivity index (χ1) is 13.4. The van der Waals surface area contributed by atoms with Crippen molar-refractivity contribution in [3.05, 3.63) is 41.5 Å². The van der Waals surface area contributed by atoms with Gasteiger partial charge in [0, 0.05) is 5.56 Å². The lowest BCUT2D eigenvalue weighted by Crippen LogP contribution is -2.19. The zero-order valence-electron chi connectivity index (χ0n) is 16.5. The van der Waals surface area contributed by atoms with Crippen LogP contribution in [-0.4, -0.2) is 42.6 Å². The first-order valence-corrected chi connectivity index (χ1v) is 9.92. The Labute approximate surface area is 165 Å². The van der Waals surface area contributed by atoms with Gasteiger partial charge >= 0.3 is 0 Å². The van der Waals surface area contributed by atoms with Crippen molar-refractivity contribution in [2.75, 3.05) is 27.9 Å². The van der Waals surface area contributed by atoms with E-state index in [4.69, 9.17) is 18.9 Å². The molecule has 0 amide bonds. The highest BCUT2D eigenvalue weighted by Crippen LogP contribution is 2.38. The Morgan fingerprint density at radius 3 is 2.14 bits per heavy atom. The molecule has 1 N–H and O–H groups in total. The number of benzene rings is 2. The molecule has 152 valence electrons. The molecule has 2 aromatic carbocycles. The van der Waals surface area contributed by atoms with Gasteiger partial charge in [-0.1, -0.05) is 6.07 Å². The Balaban J connectivity index is 2.30. The van der Waals surface area contributed by atoms with Crippen LogP contribution in [0.25, 0.3) is 0 Å². The number of sulfonamides is 1. The van der Waals surface area contributed by atoms with Crippen molar-refractivity contribution in [2.24, 2.45) is 5.10 Å². The van der Waals surface area contributed by atoms with Gasteiger partial charge in [-0.05, 0) is 43.7 Å². The van der Waals surface area contributed by atoms with Crippen LogP contribution in [-0.2, 0) is 10.0 Å². The van der Waals surface area contributed by atoms with Gasteiger partial charge in [-0.15, -0.1) is 0 Å². The Hall–Kier alpha value is -2.94. The van der Waals surface area contributed by atoms with Gasteiger partial charge in [0.15, 0.2) is 11.5 Å². The molecule has 2 aromatic rings. The van der Waals surface area contributed by atoms with Crippen molar-refractivity contribution in [1.82, 2.24) is 4.83 Å². The number of methoxy groups -OCH3 is 3. The van der Waals surface area contributed by atoms with E-state index in [0.717, 1.165) is 5.56 Å². The smallest absolute Gasteiger partial charge is 0.280 e. The molecule has 0 spiro atoms. The second-order valence-corrected chi connectivity index (χ2v) is 7.32. The minimum absolute atomic E-state index is 0.00834. The minimum atomic E-state index is -3.90. The summed E-state index contributed by atoms with van der Waals surface area (Å²) in [5.74, 6) is 1.60. The highest BCUT2D eigenvalue weighted by Gasteiger charge is 2.19.